The van der Waals surface area contributed by atoms with Gasteiger partial charge in [-0.1, -0.05) is 42.8 Å². The highest BCUT2D eigenvalue weighted by atomic mass is 79.9. The Labute approximate surface area is 118 Å². The van der Waals surface area contributed by atoms with Crippen molar-refractivity contribution >= 4 is 33.2 Å². The fraction of sp³-hybridized carbons (Fsp3) is 0.571. The van der Waals surface area contributed by atoms with E-state index in [4.69, 9.17) is 11.6 Å². The average molecular weight is 319 g/mol. The Bertz CT molecular complexity index is 384. The molecule has 0 saturated heterocycles. The van der Waals surface area contributed by atoms with Crippen molar-refractivity contribution in [2.75, 3.05) is 11.9 Å². The van der Waals surface area contributed by atoms with Crippen molar-refractivity contribution in [2.24, 2.45) is 5.41 Å². The molecule has 1 nitrogen and oxygen atoms in total. The van der Waals surface area contributed by atoms with E-state index in [1.54, 1.807) is 0 Å². The Balaban J connectivity index is 3.10. The van der Waals surface area contributed by atoms with E-state index in [1.165, 1.54) is 11.3 Å². The summed E-state index contributed by atoms with van der Waals surface area (Å²) in [5.41, 5.74) is 2.62. The van der Waals surface area contributed by atoms with Gasteiger partial charge in [0, 0.05) is 29.1 Å². The lowest BCUT2D eigenvalue weighted by Gasteiger charge is -2.37. The molecule has 0 fully saturated rings. The summed E-state index contributed by atoms with van der Waals surface area (Å²) in [6, 6.07) is 6.70. The van der Waals surface area contributed by atoms with Crippen molar-refractivity contribution in [1.29, 1.82) is 0 Å². The van der Waals surface area contributed by atoms with E-state index >= 15 is 0 Å². The van der Waals surface area contributed by atoms with Gasteiger partial charge >= 0.3 is 0 Å². The van der Waals surface area contributed by atoms with Crippen molar-refractivity contribution < 1.29 is 0 Å². The zero-order chi connectivity index (χ0) is 13.2. The second-order valence-electron chi connectivity index (χ2n) is 5.56. The Morgan fingerprint density at radius 1 is 1.35 bits per heavy atom. The van der Waals surface area contributed by atoms with Crippen LogP contribution < -0.4 is 4.90 Å². The standard InChI is InChI=1S/C14H21BrClN/c1-10(14(2,3)4)17(5)13-8-12(15)7-6-11(13)9-16/h6-8,10H,9H2,1-5H3. The Morgan fingerprint density at radius 2 is 1.94 bits per heavy atom. The lowest BCUT2D eigenvalue weighted by molar-refractivity contribution is 0.329. The molecule has 0 amide bonds. The lowest BCUT2D eigenvalue weighted by atomic mass is 9.86. The minimum absolute atomic E-state index is 0.237. The van der Waals surface area contributed by atoms with Gasteiger partial charge in [-0.3, -0.25) is 0 Å². The number of hydrogen-bond acceptors (Lipinski definition) is 1. The van der Waals surface area contributed by atoms with Gasteiger partial charge in [-0.05, 0) is 30.0 Å². The van der Waals surface area contributed by atoms with Crippen LogP contribution in [0.25, 0.3) is 0 Å². The predicted molar refractivity (Wildman–Crippen MR) is 81.0 cm³/mol. The molecule has 0 aromatic heterocycles. The van der Waals surface area contributed by atoms with Crippen molar-refractivity contribution in [1.82, 2.24) is 0 Å². The molecule has 1 atom stereocenters. The van der Waals surface area contributed by atoms with Gasteiger partial charge in [0.1, 0.15) is 0 Å². The van der Waals surface area contributed by atoms with Crippen molar-refractivity contribution in [3.05, 3.63) is 28.2 Å². The van der Waals surface area contributed by atoms with Gasteiger partial charge in [-0.2, -0.15) is 0 Å². The Morgan fingerprint density at radius 3 is 2.41 bits per heavy atom. The molecule has 17 heavy (non-hydrogen) atoms. The second kappa shape index (κ2) is 5.62. The lowest BCUT2D eigenvalue weighted by Crippen LogP contribution is -2.39. The summed E-state index contributed by atoms with van der Waals surface area (Å²) in [6.07, 6.45) is 0. The summed E-state index contributed by atoms with van der Waals surface area (Å²) in [7, 11) is 2.13. The largest absolute Gasteiger partial charge is 0.371 e. The Hall–Kier alpha value is -0.210. The molecule has 0 aliphatic rings. The maximum atomic E-state index is 6.01. The molecular formula is C14H21BrClN. The molecule has 1 aromatic carbocycles. The third kappa shape index (κ3) is 3.62. The molecular weight excluding hydrogens is 298 g/mol. The molecule has 0 bridgehead atoms. The molecule has 96 valence electrons. The highest BCUT2D eigenvalue weighted by molar-refractivity contribution is 9.10. The topological polar surface area (TPSA) is 3.24 Å². The van der Waals surface area contributed by atoms with Gasteiger partial charge in [0.15, 0.2) is 0 Å². The maximum Gasteiger partial charge on any atom is 0.0494 e. The zero-order valence-corrected chi connectivity index (χ0v) is 13.6. The highest BCUT2D eigenvalue weighted by Gasteiger charge is 2.25. The van der Waals surface area contributed by atoms with E-state index in [2.05, 4.69) is 67.7 Å². The molecule has 0 radical (unpaired) electrons. The fourth-order valence-corrected chi connectivity index (χ4v) is 2.34. The first-order valence-electron chi connectivity index (χ1n) is 5.84. The minimum atomic E-state index is 0.237. The van der Waals surface area contributed by atoms with Crippen LogP contribution in [0.5, 0.6) is 0 Å². The third-order valence-corrected chi connectivity index (χ3v) is 4.19. The molecule has 1 aromatic rings. The number of nitrogens with zero attached hydrogens (tertiary/aromatic N) is 1. The summed E-state index contributed by atoms with van der Waals surface area (Å²) in [5.74, 6) is 0.545. The van der Waals surface area contributed by atoms with Gasteiger partial charge in [0.05, 0.1) is 0 Å². The Kier molecular flexibility index (Phi) is 4.91. The smallest absolute Gasteiger partial charge is 0.0494 e. The third-order valence-electron chi connectivity index (χ3n) is 3.41. The minimum Gasteiger partial charge on any atom is -0.371 e. The number of alkyl halides is 1. The van der Waals surface area contributed by atoms with Crippen LogP contribution in [0.1, 0.15) is 33.3 Å². The van der Waals surface area contributed by atoms with Crippen molar-refractivity contribution in [2.45, 2.75) is 39.6 Å². The SMILES string of the molecule is CC(N(C)c1cc(Br)ccc1CCl)C(C)(C)C. The van der Waals surface area contributed by atoms with E-state index in [9.17, 15) is 0 Å². The van der Waals surface area contributed by atoms with Gasteiger partial charge in [-0.15, -0.1) is 11.6 Å². The molecule has 0 N–H and O–H groups in total. The maximum absolute atomic E-state index is 6.01. The van der Waals surface area contributed by atoms with Crippen LogP contribution in [0.15, 0.2) is 22.7 Å². The zero-order valence-electron chi connectivity index (χ0n) is 11.2. The normalized spacial score (nSPS) is 13.6. The summed E-state index contributed by atoms with van der Waals surface area (Å²) < 4.78 is 1.09. The van der Waals surface area contributed by atoms with Crippen LogP contribution in [-0.4, -0.2) is 13.1 Å². The molecule has 3 heteroatoms. The van der Waals surface area contributed by atoms with Crippen molar-refractivity contribution in [3.8, 4) is 0 Å². The molecule has 0 spiro atoms. The number of anilines is 1. The van der Waals surface area contributed by atoms with E-state index in [-0.39, 0.29) is 5.41 Å². The quantitative estimate of drug-likeness (QED) is 0.704. The van der Waals surface area contributed by atoms with Gasteiger partial charge in [0.2, 0.25) is 0 Å². The molecule has 1 unspecified atom stereocenters. The van der Waals surface area contributed by atoms with E-state index < -0.39 is 0 Å². The first kappa shape index (κ1) is 14.8. The fourth-order valence-electron chi connectivity index (χ4n) is 1.77. The summed E-state index contributed by atoms with van der Waals surface area (Å²) >= 11 is 9.53. The first-order valence-corrected chi connectivity index (χ1v) is 7.17. The van der Waals surface area contributed by atoms with Crippen LogP contribution in [0.4, 0.5) is 5.69 Å². The summed E-state index contributed by atoms with van der Waals surface area (Å²) in [6.45, 7) is 9.02. The number of benzene rings is 1. The average Bonchev–Trinajstić information content (AvgIpc) is 2.25. The van der Waals surface area contributed by atoms with Crippen LogP contribution >= 0.6 is 27.5 Å². The molecule has 0 heterocycles. The highest BCUT2D eigenvalue weighted by Crippen LogP contribution is 2.32. The van der Waals surface area contributed by atoms with E-state index in [0.29, 0.717) is 11.9 Å². The summed E-state index contributed by atoms with van der Waals surface area (Å²) in [4.78, 5) is 2.31. The predicted octanol–water partition coefficient (Wildman–Crippen LogP) is 5.06. The monoisotopic (exact) mass is 317 g/mol. The van der Waals surface area contributed by atoms with Gasteiger partial charge in [0.25, 0.3) is 0 Å². The van der Waals surface area contributed by atoms with Crippen LogP contribution in [0.3, 0.4) is 0 Å². The molecule has 0 saturated carbocycles. The number of hydrogen-bond donors (Lipinski definition) is 0. The van der Waals surface area contributed by atoms with E-state index in [1.807, 2.05) is 6.07 Å². The first-order chi connectivity index (χ1) is 7.77. The van der Waals surface area contributed by atoms with Gasteiger partial charge < -0.3 is 4.90 Å². The second-order valence-corrected chi connectivity index (χ2v) is 6.74. The molecule has 0 aliphatic heterocycles. The van der Waals surface area contributed by atoms with Crippen LogP contribution in [0.2, 0.25) is 0 Å². The van der Waals surface area contributed by atoms with Crippen LogP contribution in [0, 0.1) is 5.41 Å². The van der Waals surface area contributed by atoms with Crippen molar-refractivity contribution in [3.63, 3.8) is 0 Å². The molecule has 0 aliphatic carbocycles. The molecule has 1 rings (SSSR count). The van der Waals surface area contributed by atoms with Gasteiger partial charge in [-0.25, -0.2) is 0 Å². The van der Waals surface area contributed by atoms with Crippen LogP contribution in [-0.2, 0) is 5.88 Å². The summed E-state index contributed by atoms with van der Waals surface area (Å²) in [5, 5.41) is 0. The number of halogens is 2. The number of rotatable bonds is 3. The van der Waals surface area contributed by atoms with E-state index in [0.717, 1.165) is 4.47 Å².